The Morgan fingerprint density at radius 2 is 2.08 bits per heavy atom. The molecule has 0 spiro atoms. The van der Waals surface area contributed by atoms with Gasteiger partial charge in [0.15, 0.2) is 0 Å². The van der Waals surface area contributed by atoms with Gasteiger partial charge in [-0.05, 0) is 57.1 Å². The lowest BCUT2D eigenvalue weighted by Gasteiger charge is -2.05. The van der Waals surface area contributed by atoms with Crippen molar-refractivity contribution in [3.05, 3.63) is 36.6 Å². The van der Waals surface area contributed by atoms with Gasteiger partial charge in [-0.2, -0.15) is 9.78 Å². The summed E-state index contributed by atoms with van der Waals surface area (Å²) in [5, 5.41) is 21.7. The van der Waals surface area contributed by atoms with Crippen molar-refractivity contribution < 1.29 is 9.72 Å². The summed E-state index contributed by atoms with van der Waals surface area (Å²) in [4.78, 5) is 22.2. The van der Waals surface area contributed by atoms with Crippen LogP contribution in [0.5, 0.6) is 0 Å². The number of nitrogens with one attached hydrogen (secondary N) is 1. The largest absolute Gasteiger partial charge is 0.404 e. The zero-order valence-electron chi connectivity index (χ0n) is 13.1. The molecule has 2 rings (SSSR count). The van der Waals surface area contributed by atoms with Gasteiger partial charge in [-0.1, -0.05) is 0 Å². The molecule has 11 heteroatoms. The fourth-order valence-corrected chi connectivity index (χ4v) is 2.79. The Morgan fingerprint density at radius 3 is 2.62 bits per heavy atom. The minimum Gasteiger partial charge on any atom is -0.358 e. The summed E-state index contributed by atoms with van der Waals surface area (Å²) in [6.07, 6.45) is 2.61. The average Bonchev–Trinajstić information content (AvgIpc) is 2.98. The number of rotatable bonds is 7. The summed E-state index contributed by atoms with van der Waals surface area (Å²) >= 11 is 6.51. The van der Waals surface area contributed by atoms with Crippen LogP contribution in [0.1, 0.15) is 17.8 Å². The summed E-state index contributed by atoms with van der Waals surface area (Å²) in [5.74, 6) is -0.541. The highest BCUT2D eigenvalue weighted by Crippen LogP contribution is 2.26. The maximum absolute atomic E-state index is 11.9. The molecule has 0 saturated heterocycles. The highest BCUT2D eigenvalue weighted by molar-refractivity contribution is 9.11. The van der Waals surface area contributed by atoms with Crippen LogP contribution in [0.25, 0.3) is 0 Å². The van der Waals surface area contributed by atoms with Gasteiger partial charge in [0.1, 0.15) is 11.0 Å². The second-order valence-corrected chi connectivity index (χ2v) is 6.81. The number of halogens is 2. The van der Waals surface area contributed by atoms with Crippen LogP contribution < -0.4 is 5.32 Å². The Balaban J connectivity index is 1.81. The zero-order valence-corrected chi connectivity index (χ0v) is 16.3. The summed E-state index contributed by atoms with van der Waals surface area (Å²) in [7, 11) is 0. The first kappa shape index (κ1) is 18.6. The van der Waals surface area contributed by atoms with Crippen molar-refractivity contribution in [3.63, 3.8) is 0 Å². The van der Waals surface area contributed by atoms with Crippen molar-refractivity contribution in [1.82, 2.24) is 24.9 Å². The SMILES string of the molecule is Cc1nn(CCCNC(=O)Cn2nc([N+](=O)[O-])c(Br)c2C)cc1Br. The molecular formula is C13H16Br2N6O3. The third-order valence-electron chi connectivity index (χ3n) is 3.36. The van der Waals surface area contributed by atoms with E-state index in [1.165, 1.54) is 4.68 Å². The molecule has 0 aliphatic heterocycles. The molecule has 0 unspecified atom stereocenters. The first-order valence-electron chi connectivity index (χ1n) is 7.13. The van der Waals surface area contributed by atoms with Crippen LogP contribution in [-0.2, 0) is 17.9 Å². The van der Waals surface area contributed by atoms with E-state index >= 15 is 0 Å². The number of aromatic nitrogens is 4. The van der Waals surface area contributed by atoms with Gasteiger partial charge in [0.2, 0.25) is 5.91 Å². The van der Waals surface area contributed by atoms with E-state index in [4.69, 9.17) is 0 Å². The molecule has 2 heterocycles. The fourth-order valence-electron chi connectivity index (χ4n) is 2.05. The number of carbonyl (C=O) groups excluding carboxylic acids is 1. The molecule has 0 bridgehead atoms. The maximum atomic E-state index is 11.9. The van der Waals surface area contributed by atoms with Gasteiger partial charge in [-0.15, -0.1) is 0 Å². The van der Waals surface area contributed by atoms with Crippen LogP contribution >= 0.6 is 31.9 Å². The zero-order chi connectivity index (χ0) is 17.9. The monoisotopic (exact) mass is 462 g/mol. The quantitative estimate of drug-likeness (QED) is 0.385. The van der Waals surface area contributed by atoms with E-state index in [2.05, 4.69) is 47.4 Å². The van der Waals surface area contributed by atoms with E-state index in [1.54, 1.807) is 6.92 Å². The topological polar surface area (TPSA) is 108 Å². The number of nitrogens with zero attached hydrogens (tertiary/aromatic N) is 5. The van der Waals surface area contributed by atoms with E-state index in [9.17, 15) is 14.9 Å². The molecule has 1 N–H and O–H groups in total. The lowest BCUT2D eigenvalue weighted by molar-refractivity contribution is -0.390. The predicted molar refractivity (Wildman–Crippen MR) is 93.6 cm³/mol. The van der Waals surface area contributed by atoms with E-state index in [0.717, 1.165) is 16.6 Å². The van der Waals surface area contributed by atoms with E-state index in [1.807, 2.05) is 17.8 Å². The Labute approximate surface area is 154 Å². The number of amides is 1. The van der Waals surface area contributed by atoms with Crippen LogP contribution in [0.2, 0.25) is 0 Å². The molecule has 2 aromatic rings. The van der Waals surface area contributed by atoms with Crippen molar-refractivity contribution in [1.29, 1.82) is 0 Å². The summed E-state index contributed by atoms with van der Waals surface area (Å²) in [6.45, 7) is 4.68. The molecule has 0 aliphatic carbocycles. The van der Waals surface area contributed by atoms with Gasteiger partial charge in [0, 0.05) is 19.3 Å². The Morgan fingerprint density at radius 1 is 1.38 bits per heavy atom. The third kappa shape index (κ3) is 4.41. The average molecular weight is 464 g/mol. The maximum Gasteiger partial charge on any atom is 0.404 e. The van der Waals surface area contributed by atoms with E-state index in [-0.39, 0.29) is 18.3 Å². The number of hydrogen-bond acceptors (Lipinski definition) is 5. The smallest absolute Gasteiger partial charge is 0.358 e. The molecule has 0 aromatic carbocycles. The lowest BCUT2D eigenvalue weighted by atomic mass is 10.4. The Kier molecular flexibility index (Phi) is 6.10. The summed E-state index contributed by atoms with van der Waals surface area (Å²) in [5.41, 5.74) is 1.45. The van der Waals surface area contributed by atoms with Crippen molar-refractivity contribution >= 4 is 43.6 Å². The number of aryl methyl sites for hydroxylation is 2. The molecule has 24 heavy (non-hydrogen) atoms. The van der Waals surface area contributed by atoms with Crippen molar-refractivity contribution in [2.45, 2.75) is 33.4 Å². The number of hydrogen-bond donors (Lipinski definition) is 1. The van der Waals surface area contributed by atoms with Gasteiger partial charge in [-0.25, -0.2) is 0 Å². The van der Waals surface area contributed by atoms with Gasteiger partial charge in [-0.3, -0.25) is 9.48 Å². The fraction of sp³-hybridized carbons (Fsp3) is 0.462. The van der Waals surface area contributed by atoms with Crippen molar-refractivity contribution in [3.8, 4) is 0 Å². The second kappa shape index (κ2) is 7.88. The van der Waals surface area contributed by atoms with Crippen LogP contribution in [0, 0.1) is 24.0 Å². The molecule has 130 valence electrons. The van der Waals surface area contributed by atoms with Crippen LogP contribution in [0.3, 0.4) is 0 Å². The van der Waals surface area contributed by atoms with Gasteiger partial charge >= 0.3 is 5.82 Å². The van der Waals surface area contributed by atoms with Crippen LogP contribution in [-0.4, -0.2) is 36.9 Å². The Hall–Kier alpha value is -1.75. The summed E-state index contributed by atoms with van der Waals surface area (Å²) in [6, 6.07) is 0. The first-order valence-corrected chi connectivity index (χ1v) is 8.71. The summed E-state index contributed by atoms with van der Waals surface area (Å²) < 4.78 is 4.36. The lowest BCUT2D eigenvalue weighted by Crippen LogP contribution is -2.29. The molecule has 2 aromatic heterocycles. The molecule has 0 fully saturated rings. The van der Waals surface area contributed by atoms with E-state index < -0.39 is 4.92 Å². The third-order valence-corrected chi connectivity index (χ3v) is 5.06. The predicted octanol–water partition coefficient (Wildman–Crippen LogP) is 2.34. The van der Waals surface area contributed by atoms with Gasteiger partial charge < -0.3 is 15.4 Å². The van der Waals surface area contributed by atoms with E-state index in [0.29, 0.717) is 23.3 Å². The molecule has 1 amide bonds. The molecule has 0 atom stereocenters. The first-order chi connectivity index (χ1) is 11.3. The molecule has 0 saturated carbocycles. The normalized spacial score (nSPS) is 10.8. The number of carbonyl (C=O) groups is 1. The molecule has 9 nitrogen and oxygen atoms in total. The van der Waals surface area contributed by atoms with Crippen molar-refractivity contribution in [2.24, 2.45) is 0 Å². The Bertz CT molecular complexity index is 751. The van der Waals surface area contributed by atoms with Gasteiger partial charge in [0.25, 0.3) is 0 Å². The molecule has 0 radical (unpaired) electrons. The highest BCUT2D eigenvalue weighted by Gasteiger charge is 2.24. The minimum absolute atomic E-state index is 0.0648. The minimum atomic E-state index is -0.588. The van der Waals surface area contributed by atoms with Gasteiger partial charge in [0.05, 0.1) is 21.0 Å². The molecule has 0 aliphatic rings. The van der Waals surface area contributed by atoms with Crippen molar-refractivity contribution in [2.75, 3.05) is 6.54 Å². The highest BCUT2D eigenvalue weighted by atomic mass is 79.9. The second-order valence-electron chi connectivity index (χ2n) is 5.17. The standard InChI is InChI=1S/C13H16Br2N6O3/c1-8-10(14)6-19(17-8)5-3-4-16-11(22)7-20-9(2)12(15)13(18-20)21(23)24/h6H,3-5,7H2,1-2H3,(H,16,22). The number of nitro groups is 1. The van der Waals surface area contributed by atoms with Crippen LogP contribution in [0.15, 0.2) is 15.1 Å². The van der Waals surface area contributed by atoms with Crippen LogP contribution in [0.4, 0.5) is 5.82 Å². The molecular weight excluding hydrogens is 448 g/mol.